The lowest BCUT2D eigenvalue weighted by molar-refractivity contribution is 0.0913. The van der Waals surface area contributed by atoms with Crippen molar-refractivity contribution in [3.63, 3.8) is 0 Å². The van der Waals surface area contributed by atoms with Gasteiger partial charge in [-0.05, 0) is 32.6 Å². The van der Waals surface area contributed by atoms with Gasteiger partial charge < -0.3 is 11.1 Å². The van der Waals surface area contributed by atoms with E-state index in [9.17, 15) is 4.79 Å². The van der Waals surface area contributed by atoms with Crippen LogP contribution in [0.3, 0.4) is 0 Å². The Morgan fingerprint density at radius 2 is 1.71 bits per heavy atom. The first-order chi connectivity index (χ1) is 10.6. The second kappa shape index (κ2) is 10.9. The molecule has 1 amide bonds. The van der Waals surface area contributed by atoms with Crippen molar-refractivity contribution in [2.45, 2.75) is 65.3 Å². The fourth-order valence-electron chi connectivity index (χ4n) is 3.42. The molecule has 1 aromatic heterocycles. The van der Waals surface area contributed by atoms with Gasteiger partial charge in [-0.2, -0.15) is 0 Å². The first-order valence-corrected chi connectivity index (χ1v) is 8.41. The number of hydrogen-bond donors (Lipinski definition) is 2. The highest BCUT2D eigenvalue weighted by Crippen LogP contribution is 2.26. The number of nitrogens with zero attached hydrogens (tertiary/aromatic N) is 2. The Morgan fingerprint density at radius 3 is 2.17 bits per heavy atom. The van der Waals surface area contributed by atoms with Gasteiger partial charge in [-0.3, -0.25) is 4.79 Å². The summed E-state index contributed by atoms with van der Waals surface area (Å²) in [5, 5.41) is 3.13. The molecule has 7 heteroatoms. The van der Waals surface area contributed by atoms with Crippen molar-refractivity contribution in [2.75, 3.05) is 6.54 Å². The highest BCUT2D eigenvalue weighted by Gasteiger charge is 2.26. The van der Waals surface area contributed by atoms with E-state index in [2.05, 4.69) is 15.3 Å². The van der Waals surface area contributed by atoms with Gasteiger partial charge in [0.1, 0.15) is 5.82 Å². The molecule has 24 heavy (non-hydrogen) atoms. The Hall–Kier alpha value is -0.910. The van der Waals surface area contributed by atoms with Crippen LogP contribution in [-0.4, -0.2) is 28.5 Å². The molecule has 0 aliphatic heterocycles. The summed E-state index contributed by atoms with van der Waals surface area (Å²) in [6, 6.07) is 0.0532. The zero-order valence-electron chi connectivity index (χ0n) is 14.8. The van der Waals surface area contributed by atoms with E-state index in [1.54, 1.807) is 0 Å². The summed E-state index contributed by atoms with van der Waals surface area (Å²) in [7, 11) is 0. The zero-order valence-corrected chi connectivity index (χ0v) is 16.4. The van der Waals surface area contributed by atoms with E-state index in [-0.39, 0.29) is 36.8 Å². The van der Waals surface area contributed by atoms with Crippen molar-refractivity contribution in [1.29, 1.82) is 0 Å². The van der Waals surface area contributed by atoms with Crippen LogP contribution in [0.4, 0.5) is 0 Å². The summed E-state index contributed by atoms with van der Waals surface area (Å²) in [4.78, 5) is 21.5. The van der Waals surface area contributed by atoms with Crippen LogP contribution < -0.4 is 11.1 Å². The summed E-state index contributed by atoms with van der Waals surface area (Å²) in [6.07, 6.45) is 6.87. The molecule has 0 spiro atoms. The fraction of sp³-hybridized carbons (Fsp3) is 0.706. The van der Waals surface area contributed by atoms with E-state index < -0.39 is 0 Å². The van der Waals surface area contributed by atoms with Crippen molar-refractivity contribution in [1.82, 2.24) is 15.3 Å². The molecular formula is C17H30Cl2N4O. The molecule has 1 atom stereocenters. The number of nitrogens with one attached hydrogen (secondary N) is 1. The van der Waals surface area contributed by atoms with Crippen molar-refractivity contribution in [2.24, 2.45) is 11.7 Å². The van der Waals surface area contributed by atoms with Crippen molar-refractivity contribution in [3.8, 4) is 0 Å². The molecule has 5 nitrogen and oxygen atoms in total. The van der Waals surface area contributed by atoms with Gasteiger partial charge in [0.25, 0.3) is 5.91 Å². The first kappa shape index (κ1) is 23.1. The van der Waals surface area contributed by atoms with Crippen molar-refractivity contribution in [3.05, 3.63) is 22.8 Å². The molecule has 0 saturated heterocycles. The third-order valence-corrected chi connectivity index (χ3v) is 4.65. The molecule has 1 unspecified atom stereocenters. The maximum absolute atomic E-state index is 12.7. The summed E-state index contributed by atoms with van der Waals surface area (Å²) in [6.45, 7) is 6.26. The molecule has 1 aliphatic carbocycles. The van der Waals surface area contributed by atoms with Gasteiger partial charge in [0.15, 0.2) is 0 Å². The molecule has 1 aromatic rings. The van der Waals surface area contributed by atoms with E-state index >= 15 is 0 Å². The fourth-order valence-corrected chi connectivity index (χ4v) is 3.42. The van der Waals surface area contributed by atoms with Crippen LogP contribution in [0, 0.1) is 19.8 Å². The van der Waals surface area contributed by atoms with E-state index in [0.29, 0.717) is 18.0 Å². The maximum atomic E-state index is 12.7. The molecule has 1 saturated carbocycles. The third kappa shape index (κ3) is 5.57. The molecule has 0 radical (unpaired) electrons. The van der Waals surface area contributed by atoms with Crippen LogP contribution in [0.15, 0.2) is 0 Å². The molecule has 0 aromatic carbocycles. The van der Waals surface area contributed by atoms with Gasteiger partial charge in [0, 0.05) is 19.0 Å². The van der Waals surface area contributed by atoms with Gasteiger partial charge in [-0.1, -0.05) is 26.2 Å². The topological polar surface area (TPSA) is 80.9 Å². The number of amides is 1. The second-order valence-corrected chi connectivity index (χ2v) is 6.25. The van der Waals surface area contributed by atoms with Crippen LogP contribution in [0.25, 0.3) is 0 Å². The molecular weight excluding hydrogens is 347 g/mol. The lowest BCUT2D eigenvalue weighted by atomic mass is 9.84. The van der Waals surface area contributed by atoms with Crippen LogP contribution in [0.1, 0.15) is 66.6 Å². The van der Waals surface area contributed by atoms with Gasteiger partial charge in [-0.25, -0.2) is 9.97 Å². The first-order valence-electron chi connectivity index (χ1n) is 8.41. The van der Waals surface area contributed by atoms with E-state index in [4.69, 9.17) is 5.73 Å². The van der Waals surface area contributed by atoms with Gasteiger partial charge in [0.05, 0.1) is 17.0 Å². The highest BCUT2D eigenvalue weighted by atomic mass is 35.5. The summed E-state index contributed by atoms with van der Waals surface area (Å²) >= 11 is 0. The van der Waals surface area contributed by atoms with Crippen molar-refractivity contribution >= 4 is 30.7 Å². The predicted octanol–water partition coefficient (Wildman–Crippen LogP) is 3.14. The normalized spacial score (nSPS) is 15.8. The average Bonchev–Trinajstić information content (AvgIpc) is 2.52. The van der Waals surface area contributed by atoms with Gasteiger partial charge in [0.2, 0.25) is 0 Å². The smallest absolute Gasteiger partial charge is 0.255 e. The number of aryl methyl sites for hydroxylation is 3. The Bertz CT molecular complexity index is 510. The van der Waals surface area contributed by atoms with Crippen LogP contribution in [0.2, 0.25) is 0 Å². The Balaban J connectivity index is 0.00000264. The largest absolute Gasteiger partial charge is 0.348 e. The highest BCUT2D eigenvalue weighted by molar-refractivity contribution is 5.96. The molecule has 1 fully saturated rings. The molecule has 138 valence electrons. The third-order valence-electron chi connectivity index (χ3n) is 4.65. The number of aromatic nitrogens is 2. The lowest BCUT2D eigenvalue weighted by Gasteiger charge is -2.30. The number of carbonyl (C=O) groups is 1. The standard InChI is InChI=1S/C17H28N4O.2ClH/c1-4-15-19-11(2)16(12(3)20-15)17(22)21-14(10-18)13-8-6-5-7-9-13;;/h13-14H,4-10,18H2,1-3H3,(H,21,22);2*1H. The van der Waals surface area contributed by atoms with Crippen LogP contribution in [-0.2, 0) is 6.42 Å². The summed E-state index contributed by atoms with van der Waals surface area (Å²) in [5.74, 6) is 1.20. The molecule has 0 bridgehead atoms. The minimum absolute atomic E-state index is 0. The van der Waals surface area contributed by atoms with Gasteiger partial charge >= 0.3 is 0 Å². The molecule has 1 aliphatic rings. The van der Waals surface area contributed by atoms with E-state index in [1.165, 1.54) is 19.3 Å². The van der Waals surface area contributed by atoms with Gasteiger partial charge in [-0.15, -0.1) is 24.8 Å². The lowest BCUT2D eigenvalue weighted by Crippen LogP contribution is -2.46. The number of nitrogens with two attached hydrogens (primary N) is 1. The van der Waals surface area contributed by atoms with Crippen LogP contribution >= 0.6 is 24.8 Å². The summed E-state index contributed by atoms with van der Waals surface area (Å²) < 4.78 is 0. The minimum atomic E-state index is -0.0846. The minimum Gasteiger partial charge on any atom is -0.348 e. The number of hydrogen-bond acceptors (Lipinski definition) is 4. The number of rotatable bonds is 5. The van der Waals surface area contributed by atoms with E-state index in [1.807, 2.05) is 20.8 Å². The van der Waals surface area contributed by atoms with E-state index in [0.717, 1.165) is 36.5 Å². The average molecular weight is 377 g/mol. The maximum Gasteiger partial charge on any atom is 0.255 e. The quantitative estimate of drug-likeness (QED) is 0.826. The predicted molar refractivity (Wildman–Crippen MR) is 102 cm³/mol. The molecule has 1 heterocycles. The molecule has 2 rings (SSSR count). The SMILES string of the molecule is CCc1nc(C)c(C(=O)NC(CN)C2CCCCC2)c(C)n1.Cl.Cl. The Labute approximate surface area is 157 Å². The number of carbonyl (C=O) groups excluding carboxylic acids is 1. The number of halogens is 2. The van der Waals surface area contributed by atoms with Crippen LogP contribution in [0.5, 0.6) is 0 Å². The molecule has 3 N–H and O–H groups in total. The summed E-state index contributed by atoms with van der Waals surface area (Å²) in [5.41, 5.74) is 8.01. The Morgan fingerprint density at radius 1 is 1.17 bits per heavy atom. The Kier molecular flexibility index (Phi) is 10.4. The zero-order chi connectivity index (χ0) is 16.1. The monoisotopic (exact) mass is 376 g/mol. The van der Waals surface area contributed by atoms with Crippen molar-refractivity contribution < 1.29 is 4.79 Å². The second-order valence-electron chi connectivity index (χ2n) is 6.25.